The Balaban J connectivity index is 1.60. The number of aryl methyl sites for hydroxylation is 1. The van der Waals surface area contributed by atoms with Gasteiger partial charge < -0.3 is 9.80 Å². The second-order valence-electron chi connectivity index (χ2n) is 6.52. The number of para-hydroxylation sites is 1. The van der Waals surface area contributed by atoms with Crippen LogP contribution >= 0.6 is 0 Å². The smallest absolute Gasteiger partial charge is 0.153 e. The van der Waals surface area contributed by atoms with E-state index < -0.39 is 0 Å². The summed E-state index contributed by atoms with van der Waals surface area (Å²) in [5.74, 6) is 0.805. The monoisotopic (exact) mass is 331 g/mol. The van der Waals surface area contributed by atoms with Gasteiger partial charge in [-0.3, -0.25) is 4.79 Å². The van der Waals surface area contributed by atoms with Gasteiger partial charge in [0, 0.05) is 37.3 Å². The Kier molecular flexibility index (Phi) is 4.10. The van der Waals surface area contributed by atoms with Crippen LogP contribution in [0.5, 0.6) is 0 Å². The molecular weight excluding hydrogens is 310 g/mol. The Morgan fingerprint density at radius 2 is 1.64 bits per heavy atom. The van der Waals surface area contributed by atoms with Gasteiger partial charge in [0.15, 0.2) is 6.29 Å². The number of anilines is 2. The Labute approximate surface area is 147 Å². The second kappa shape index (κ2) is 6.55. The van der Waals surface area contributed by atoms with Crippen LogP contribution in [0.1, 0.15) is 15.9 Å². The molecule has 126 valence electrons. The number of aldehydes is 1. The van der Waals surface area contributed by atoms with E-state index in [1.807, 2.05) is 18.2 Å². The van der Waals surface area contributed by atoms with Crippen molar-refractivity contribution in [1.29, 1.82) is 0 Å². The fourth-order valence-electron chi connectivity index (χ4n) is 3.46. The molecule has 0 radical (unpaired) electrons. The minimum absolute atomic E-state index is 0.672. The van der Waals surface area contributed by atoms with Crippen LogP contribution in [0.4, 0.5) is 11.5 Å². The van der Waals surface area contributed by atoms with E-state index in [0.29, 0.717) is 5.56 Å². The highest BCUT2D eigenvalue weighted by atomic mass is 16.1. The van der Waals surface area contributed by atoms with Gasteiger partial charge in [-0.05, 0) is 37.3 Å². The van der Waals surface area contributed by atoms with Crippen LogP contribution in [0.25, 0.3) is 10.9 Å². The molecule has 1 aliphatic heterocycles. The highest BCUT2D eigenvalue weighted by Gasteiger charge is 2.21. The first kappa shape index (κ1) is 15.6. The number of carbonyl (C=O) groups excluding carboxylic acids is 1. The number of carbonyl (C=O) groups is 1. The SMILES string of the molecule is Cc1ccc2nc(N3CCN(c4ccccc4)CC3)c(C=O)cc2c1. The summed E-state index contributed by atoms with van der Waals surface area (Å²) >= 11 is 0. The summed E-state index contributed by atoms with van der Waals surface area (Å²) in [6.07, 6.45) is 0.924. The Morgan fingerprint density at radius 3 is 2.36 bits per heavy atom. The summed E-state index contributed by atoms with van der Waals surface area (Å²) in [7, 11) is 0. The van der Waals surface area contributed by atoms with Crippen LogP contribution in [-0.2, 0) is 0 Å². The fourth-order valence-corrected chi connectivity index (χ4v) is 3.46. The molecule has 0 bridgehead atoms. The maximum Gasteiger partial charge on any atom is 0.153 e. The van der Waals surface area contributed by atoms with Gasteiger partial charge in [0.25, 0.3) is 0 Å². The lowest BCUT2D eigenvalue weighted by Crippen LogP contribution is -2.47. The number of benzene rings is 2. The zero-order chi connectivity index (χ0) is 17.2. The minimum Gasteiger partial charge on any atom is -0.368 e. The standard InChI is InChI=1S/C21H21N3O/c1-16-7-8-20-17(13-16)14-18(15-25)21(22-20)24-11-9-23(10-12-24)19-5-3-2-4-6-19/h2-8,13-15H,9-12H2,1H3. The molecule has 4 rings (SSSR count). The molecule has 4 nitrogen and oxygen atoms in total. The van der Waals surface area contributed by atoms with Crippen molar-refractivity contribution < 1.29 is 4.79 Å². The van der Waals surface area contributed by atoms with Gasteiger partial charge in [0.1, 0.15) is 5.82 Å². The van der Waals surface area contributed by atoms with E-state index in [9.17, 15) is 4.79 Å². The van der Waals surface area contributed by atoms with Gasteiger partial charge in [-0.15, -0.1) is 0 Å². The van der Waals surface area contributed by atoms with Crippen molar-refractivity contribution in [3.05, 3.63) is 65.7 Å². The van der Waals surface area contributed by atoms with E-state index in [0.717, 1.165) is 49.2 Å². The average molecular weight is 331 g/mol. The third kappa shape index (κ3) is 3.07. The van der Waals surface area contributed by atoms with Crippen LogP contribution in [0.15, 0.2) is 54.6 Å². The van der Waals surface area contributed by atoms with Crippen LogP contribution in [-0.4, -0.2) is 37.4 Å². The lowest BCUT2D eigenvalue weighted by atomic mass is 10.1. The molecule has 2 aromatic carbocycles. The summed E-state index contributed by atoms with van der Waals surface area (Å²) in [4.78, 5) is 21.0. The van der Waals surface area contributed by atoms with E-state index in [1.165, 1.54) is 11.3 Å². The van der Waals surface area contributed by atoms with Crippen molar-refractivity contribution in [1.82, 2.24) is 4.98 Å². The quantitative estimate of drug-likeness (QED) is 0.686. The number of rotatable bonds is 3. The molecule has 3 aromatic rings. The molecule has 0 amide bonds. The van der Waals surface area contributed by atoms with E-state index in [2.05, 4.69) is 53.1 Å². The zero-order valence-corrected chi connectivity index (χ0v) is 14.4. The third-order valence-electron chi connectivity index (χ3n) is 4.81. The molecule has 0 aliphatic carbocycles. The molecule has 1 saturated heterocycles. The molecule has 1 aliphatic rings. The first-order valence-corrected chi connectivity index (χ1v) is 8.66. The summed E-state index contributed by atoms with van der Waals surface area (Å²) in [6.45, 7) is 5.63. The van der Waals surface area contributed by atoms with Gasteiger partial charge >= 0.3 is 0 Å². The van der Waals surface area contributed by atoms with E-state index >= 15 is 0 Å². The fraction of sp³-hybridized carbons (Fsp3) is 0.238. The van der Waals surface area contributed by atoms with E-state index in [-0.39, 0.29) is 0 Å². The van der Waals surface area contributed by atoms with Crippen molar-refractivity contribution in [3.63, 3.8) is 0 Å². The van der Waals surface area contributed by atoms with Crippen molar-refractivity contribution in [2.45, 2.75) is 6.92 Å². The highest BCUT2D eigenvalue weighted by molar-refractivity contribution is 5.92. The normalized spacial score (nSPS) is 14.8. The predicted molar refractivity (Wildman–Crippen MR) is 103 cm³/mol. The number of pyridine rings is 1. The molecule has 25 heavy (non-hydrogen) atoms. The number of hydrogen-bond acceptors (Lipinski definition) is 4. The molecule has 2 heterocycles. The first-order valence-electron chi connectivity index (χ1n) is 8.66. The van der Waals surface area contributed by atoms with Gasteiger partial charge in [-0.1, -0.05) is 29.8 Å². The zero-order valence-electron chi connectivity index (χ0n) is 14.4. The van der Waals surface area contributed by atoms with Crippen LogP contribution in [0.2, 0.25) is 0 Å². The Hall–Kier alpha value is -2.88. The molecule has 0 unspecified atom stereocenters. The molecule has 0 N–H and O–H groups in total. The molecule has 1 aromatic heterocycles. The van der Waals surface area contributed by atoms with Gasteiger partial charge in [0.05, 0.1) is 11.1 Å². The number of piperazine rings is 1. The highest BCUT2D eigenvalue weighted by Crippen LogP contribution is 2.25. The van der Waals surface area contributed by atoms with Crippen LogP contribution in [0.3, 0.4) is 0 Å². The summed E-state index contributed by atoms with van der Waals surface area (Å²) in [5.41, 5.74) is 4.04. The van der Waals surface area contributed by atoms with E-state index in [4.69, 9.17) is 4.98 Å². The first-order chi connectivity index (χ1) is 12.2. The molecule has 0 spiro atoms. The molecular formula is C21H21N3O. The summed E-state index contributed by atoms with van der Waals surface area (Å²) in [5, 5.41) is 1.02. The lowest BCUT2D eigenvalue weighted by molar-refractivity contribution is 0.112. The van der Waals surface area contributed by atoms with Crippen molar-refractivity contribution in [2.24, 2.45) is 0 Å². The summed E-state index contributed by atoms with van der Waals surface area (Å²) < 4.78 is 0. The molecule has 0 atom stereocenters. The van der Waals surface area contributed by atoms with Crippen LogP contribution < -0.4 is 9.80 Å². The maximum atomic E-state index is 11.6. The topological polar surface area (TPSA) is 36.4 Å². The van der Waals surface area contributed by atoms with Crippen molar-refractivity contribution >= 4 is 28.7 Å². The van der Waals surface area contributed by atoms with Gasteiger partial charge in [-0.2, -0.15) is 0 Å². The number of hydrogen-bond donors (Lipinski definition) is 0. The number of fused-ring (bicyclic) bond motifs is 1. The van der Waals surface area contributed by atoms with Gasteiger partial charge in [-0.25, -0.2) is 4.98 Å². The molecule has 0 saturated carbocycles. The Morgan fingerprint density at radius 1 is 0.920 bits per heavy atom. The predicted octanol–water partition coefficient (Wildman–Crippen LogP) is 3.68. The van der Waals surface area contributed by atoms with Gasteiger partial charge in [0.2, 0.25) is 0 Å². The third-order valence-corrected chi connectivity index (χ3v) is 4.81. The molecule has 4 heteroatoms. The average Bonchev–Trinajstić information content (AvgIpc) is 2.67. The number of aromatic nitrogens is 1. The maximum absolute atomic E-state index is 11.6. The second-order valence-corrected chi connectivity index (χ2v) is 6.52. The van der Waals surface area contributed by atoms with Crippen molar-refractivity contribution in [2.75, 3.05) is 36.0 Å². The minimum atomic E-state index is 0.672. The number of nitrogens with zero attached hydrogens (tertiary/aromatic N) is 3. The largest absolute Gasteiger partial charge is 0.368 e. The Bertz CT molecular complexity index is 900. The van der Waals surface area contributed by atoms with Crippen LogP contribution in [0, 0.1) is 6.92 Å². The molecule has 1 fully saturated rings. The van der Waals surface area contributed by atoms with Crippen molar-refractivity contribution in [3.8, 4) is 0 Å². The lowest BCUT2D eigenvalue weighted by Gasteiger charge is -2.37. The summed E-state index contributed by atoms with van der Waals surface area (Å²) in [6, 6.07) is 18.6. The van der Waals surface area contributed by atoms with E-state index in [1.54, 1.807) is 0 Å².